The zero-order valence-electron chi connectivity index (χ0n) is 12.8. The van der Waals surface area contributed by atoms with E-state index in [1.165, 1.54) is 5.56 Å². The second-order valence-corrected chi connectivity index (χ2v) is 6.76. The van der Waals surface area contributed by atoms with Gasteiger partial charge in [-0.05, 0) is 48.5 Å². The zero-order valence-corrected chi connectivity index (χ0v) is 14.4. The van der Waals surface area contributed by atoms with Crippen LogP contribution >= 0.6 is 23.4 Å². The third-order valence-corrected chi connectivity index (χ3v) is 4.46. The molecule has 2 aromatic rings. The van der Waals surface area contributed by atoms with Gasteiger partial charge >= 0.3 is 0 Å². The summed E-state index contributed by atoms with van der Waals surface area (Å²) in [6.45, 7) is 2.43. The second-order valence-electron chi connectivity index (χ2n) is 5.31. The molecule has 1 heterocycles. The molecule has 1 fully saturated rings. The number of nitrogens with one attached hydrogen (secondary N) is 1. The lowest BCUT2D eigenvalue weighted by molar-refractivity contribution is -0.115. The Hall–Kier alpha value is -2.24. The van der Waals surface area contributed by atoms with Crippen LogP contribution in [0.2, 0.25) is 5.02 Å². The van der Waals surface area contributed by atoms with Gasteiger partial charge in [0.15, 0.2) is 0 Å². The van der Waals surface area contributed by atoms with E-state index in [0.717, 1.165) is 17.3 Å². The minimum Gasteiger partial charge on any atom is -0.488 e. The molecule has 0 saturated carbocycles. The first-order valence-corrected chi connectivity index (χ1v) is 8.43. The molecule has 1 aliphatic heterocycles. The highest BCUT2D eigenvalue weighted by Crippen LogP contribution is 2.31. The summed E-state index contributed by atoms with van der Waals surface area (Å²) in [5.74, 6) is 0.190. The monoisotopic (exact) mass is 359 g/mol. The maximum Gasteiger partial charge on any atom is 0.290 e. The first-order valence-electron chi connectivity index (χ1n) is 7.24. The van der Waals surface area contributed by atoms with Crippen molar-refractivity contribution in [2.75, 3.05) is 0 Å². The van der Waals surface area contributed by atoms with Gasteiger partial charge in [0.1, 0.15) is 12.4 Å². The summed E-state index contributed by atoms with van der Waals surface area (Å²) in [6.07, 6.45) is 1.61. The standard InChI is InChI=1S/C18H14ClNO3S/c1-11-2-4-12(5-3-11)10-23-15-7-6-14(19)8-13(15)9-16-17(21)20-18(22)24-16/h2-9H,10H2,1H3,(H,20,21,22)/b16-9-. The van der Waals surface area contributed by atoms with E-state index in [2.05, 4.69) is 5.32 Å². The highest BCUT2D eigenvalue weighted by molar-refractivity contribution is 8.18. The van der Waals surface area contributed by atoms with E-state index in [4.69, 9.17) is 16.3 Å². The van der Waals surface area contributed by atoms with Crippen molar-refractivity contribution in [2.45, 2.75) is 13.5 Å². The maximum absolute atomic E-state index is 11.7. The average Bonchev–Trinajstić information content (AvgIpc) is 2.86. The topological polar surface area (TPSA) is 55.4 Å². The molecule has 0 aliphatic carbocycles. The van der Waals surface area contributed by atoms with Gasteiger partial charge in [0.25, 0.3) is 11.1 Å². The summed E-state index contributed by atoms with van der Waals surface area (Å²) in [5.41, 5.74) is 2.88. The lowest BCUT2D eigenvalue weighted by Crippen LogP contribution is -2.17. The molecule has 24 heavy (non-hydrogen) atoms. The number of benzene rings is 2. The van der Waals surface area contributed by atoms with Crippen molar-refractivity contribution in [2.24, 2.45) is 0 Å². The molecule has 3 rings (SSSR count). The number of hydrogen-bond donors (Lipinski definition) is 1. The molecule has 0 aromatic heterocycles. The molecule has 0 spiro atoms. The predicted molar refractivity (Wildman–Crippen MR) is 96.1 cm³/mol. The summed E-state index contributed by atoms with van der Waals surface area (Å²) < 4.78 is 5.86. The molecule has 2 aromatic carbocycles. The Bertz CT molecular complexity index is 831. The quantitative estimate of drug-likeness (QED) is 0.813. The molecule has 1 N–H and O–H groups in total. The predicted octanol–water partition coefficient (Wildman–Crippen LogP) is 4.55. The summed E-state index contributed by atoms with van der Waals surface area (Å²) in [5, 5.41) is 2.38. The Morgan fingerprint density at radius 3 is 2.58 bits per heavy atom. The van der Waals surface area contributed by atoms with Crippen LogP contribution in [0.4, 0.5) is 4.79 Å². The minimum atomic E-state index is -0.408. The van der Waals surface area contributed by atoms with Gasteiger partial charge in [0.2, 0.25) is 0 Å². The first kappa shape index (κ1) is 16.6. The van der Waals surface area contributed by atoms with Crippen molar-refractivity contribution in [3.05, 3.63) is 69.1 Å². The first-order chi connectivity index (χ1) is 11.5. The summed E-state index contributed by atoms with van der Waals surface area (Å²) in [4.78, 5) is 23.3. The van der Waals surface area contributed by atoms with Gasteiger partial charge in [-0.1, -0.05) is 41.4 Å². The average molecular weight is 360 g/mol. The fourth-order valence-corrected chi connectivity index (χ4v) is 3.02. The van der Waals surface area contributed by atoms with Gasteiger partial charge in [-0.15, -0.1) is 0 Å². The van der Waals surface area contributed by atoms with Crippen LogP contribution in [0.15, 0.2) is 47.4 Å². The number of aryl methyl sites for hydroxylation is 1. The molecule has 1 aliphatic rings. The highest BCUT2D eigenvalue weighted by Gasteiger charge is 2.25. The number of thioether (sulfide) groups is 1. The van der Waals surface area contributed by atoms with Crippen LogP contribution in [0.1, 0.15) is 16.7 Å². The summed E-state index contributed by atoms with van der Waals surface area (Å²) in [6, 6.07) is 13.2. The Balaban J connectivity index is 1.83. The van der Waals surface area contributed by atoms with Crippen molar-refractivity contribution >= 4 is 40.6 Å². The Morgan fingerprint density at radius 2 is 1.92 bits per heavy atom. The minimum absolute atomic E-state index is 0.322. The van der Waals surface area contributed by atoms with Crippen LogP contribution in [0.25, 0.3) is 6.08 Å². The zero-order chi connectivity index (χ0) is 17.1. The third-order valence-electron chi connectivity index (χ3n) is 3.42. The Labute approximate surface area is 148 Å². The molecule has 0 atom stereocenters. The van der Waals surface area contributed by atoms with Crippen molar-refractivity contribution in [3.8, 4) is 5.75 Å². The maximum atomic E-state index is 11.7. The van der Waals surface area contributed by atoms with E-state index in [-0.39, 0.29) is 5.24 Å². The lowest BCUT2D eigenvalue weighted by atomic mass is 10.1. The van der Waals surface area contributed by atoms with E-state index < -0.39 is 5.91 Å². The van der Waals surface area contributed by atoms with Crippen molar-refractivity contribution in [1.82, 2.24) is 5.32 Å². The van der Waals surface area contributed by atoms with Crippen LogP contribution < -0.4 is 10.1 Å². The van der Waals surface area contributed by atoms with Gasteiger partial charge in [-0.2, -0.15) is 0 Å². The number of carbonyl (C=O) groups is 2. The number of hydrogen-bond acceptors (Lipinski definition) is 4. The van der Waals surface area contributed by atoms with E-state index in [0.29, 0.717) is 27.8 Å². The fourth-order valence-electron chi connectivity index (χ4n) is 2.17. The molecule has 4 nitrogen and oxygen atoms in total. The summed E-state index contributed by atoms with van der Waals surface area (Å²) in [7, 11) is 0. The molecular formula is C18H14ClNO3S. The highest BCUT2D eigenvalue weighted by atomic mass is 35.5. The van der Waals surface area contributed by atoms with Crippen LogP contribution in [0.3, 0.4) is 0 Å². The smallest absolute Gasteiger partial charge is 0.290 e. The van der Waals surface area contributed by atoms with Crippen LogP contribution in [-0.4, -0.2) is 11.1 Å². The van der Waals surface area contributed by atoms with Crippen molar-refractivity contribution in [1.29, 1.82) is 0 Å². The number of carbonyl (C=O) groups excluding carboxylic acids is 2. The molecule has 0 radical (unpaired) electrons. The summed E-state index contributed by atoms with van der Waals surface area (Å²) >= 11 is 6.90. The molecule has 1 saturated heterocycles. The van der Waals surface area contributed by atoms with Gasteiger partial charge in [0.05, 0.1) is 4.91 Å². The lowest BCUT2D eigenvalue weighted by Gasteiger charge is -2.10. The normalized spacial score (nSPS) is 15.7. The molecule has 0 bridgehead atoms. The van der Waals surface area contributed by atoms with E-state index in [1.807, 2.05) is 31.2 Å². The third kappa shape index (κ3) is 3.99. The SMILES string of the molecule is Cc1ccc(COc2ccc(Cl)cc2/C=C2\SC(=O)NC2=O)cc1. The number of ether oxygens (including phenoxy) is 1. The van der Waals surface area contributed by atoms with Gasteiger partial charge in [-0.3, -0.25) is 14.9 Å². The van der Waals surface area contributed by atoms with E-state index >= 15 is 0 Å². The molecule has 6 heteroatoms. The van der Waals surface area contributed by atoms with Gasteiger partial charge in [-0.25, -0.2) is 0 Å². The van der Waals surface area contributed by atoms with Crippen LogP contribution in [0, 0.1) is 6.92 Å². The number of halogens is 1. The van der Waals surface area contributed by atoms with Crippen molar-refractivity contribution in [3.63, 3.8) is 0 Å². The van der Waals surface area contributed by atoms with E-state index in [1.54, 1.807) is 24.3 Å². The fraction of sp³-hybridized carbons (Fsp3) is 0.111. The van der Waals surface area contributed by atoms with Gasteiger partial charge < -0.3 is 4.74 Å². The number of rotatable bonds is 4. The van der Waals surface area contributed by atoms with Crippen LogP contribution in [0.5, 0.6) is 5.75 Å². The second kappa shape index (κ2) is 7.11. The largest absolute Gasteiger partial charge is 0.488 e. The number of amides is 2. The van der Waals surface area contributed by atoms with Crippen molar-refractivity contribution < 1.29 is 14.3 Å². The van der Waals surface area contributed by atoms with E-state index in [9.17, 15) is 9.59 Å². The van der Waals surface area contributed by atoms with Crippen LogP contribution in [-0.2, 0) is 11.4 Å². The molecule has 122 valence electrons. The Morgan fingerprint density at radius 1 is 1.17 bits per heavy atom. The molecule has 0 unspecified atom stereocenters. The Kier molecular flexibility index (Phi) is 4.92. The van der Waals surface area contributed by atoms with Gasteiger partial charge in [0, 0.05) is 10.6 Å². The molecular weight excluding hydrogens is 346 g/mol. The number of imide groups is 1. The molecule has 2 amide bonds.